The Labute approximate surface area is 142 Å². The van der Waals surface area contributed by atoms with Crippen LogP contribution in [-0.2, 0) is 0 Å². The van der Waals surface area contributed by atoms with Gasteiger partial charge in [0.25, 0.3) is 5.91 Å². The molecule has 2 aromatic carbocycles. The van der Waals surface area contributed by atoms with Crippen molar-refractivity contribution in [2.24, 2.45) is 0 Å². The fourth-order valence-electron chi connectivity index (χ4n) is 1.83. The van der Waals surface area contributed by atoms with E-state index < -0.39 is 5.91 Å². The smallest absolute Gasteiger partial charge is 0.258 e. The summed E-state index contributed by atoms with van der Waals surface area (Å²) in [6, 6.07) is 8.05. The van der Waals surface area contributed by atoms with E-state index in [2.05, 4.69) is 5.32 Å². The Bertz CT molecular complexity index is 719. The molecule has 0 fully saturated rings. The molecule has 0 heterocycles. The van der Waals surface area contributed by atoms with Crippen molar-refractivity contribution < 1.29 is 14.3 Å². The quantitative estimate of drug-likeness (QED) is 0.788. The van der Waals surface area contributed by atoms with Crippen molar-refractivity contribution >= 4 is 46.4 Å². The first-order valence-electron chi connectivity index (χ1n) is 6.14. The fourth-order valence-corrected chi connectivity index (χ4v) is 2.53. The molecule has 0 aliphatic rings. The third-order valence-corrected chi connectivity index (χ3v) is 4.05. The maximum atomic E-state index is 12.4. The van der Waals surface area contributed by atoms with Crippen LogP contribution in [0, 0.1) is 0 Å². The second-order valence-electron chi connectivity index (χ2n) is 4.24. The highest BCUT2D eigenvalue weighted by atomic mass is 35.5. The molecule has 22 heavy (non-hydrogen) atoms. The van der Waals surface area contributed by atoms with Gasteiger partial charge in [-0.25, -0.2) is 0 Å². The molecular formula is C15H12Cl3NO3. The van der Waals surface area contributed by atoms with Gasteiger partial charge in [0.1, 0.15) is 11.5 Å². The van der Waals surface area contributed by atoms with Crippen LogP contribution < -0.4 is 14.8 Å². The number of methoxy groups -OCH3 is 2. The lowest BCUT2D eigenvalue weighted by Gasteiger charge is -2.13. The first kappa shape index (κ1) is 16.7. The summed E-state index contributed by atoms with van der Waals surface area (Å²) in [7, 11) is 3.02. The van der Waals surface area contributed by atoms with Crippen molar-refractivity contribution in [1.29, 1.82) is 0 Å². The maximum Gasteiger partial charge on any atom is 0.258 e. The third-order valence-electron chi connectivity index (χ3n) is 2.93. The first-order valence-corrected chi connectivity index (χ1v) is 7.28. The van der Waals surface area contributed by atoms with Crippen LogP contribution in [0.5, 0.6) is 11.5 Å². The van der Waals surface area contributed by atoms with Crippen LogP contribution in [0.25, 0.3) is 0 Å². The third kappa shape index (κ3) is 3.40. The first-order chi connectivity index (χ1) is 10.5. The monoisotopic (exact) mass is 359 g/mol. The molecule has 0 radical (unpaired) electrons. The molecule has 0 saturated carbocycles. The second kappa shape index (κ2) is 7.09. The van der Waals surface area contributed by atoms with Gasteiger partial charge in [-0.2, -0.15) is 0 Å². The number of anilines is 1. The lowest BCUT2D eigenvalue weighted by atomic mass is 10.2. The van der Waals surface area contributed by atoms with E-state index in [1.165, 1.54) is 26.4 Å². The van der Waals surface area contributed by atoms with E-state index in [0.29, 0.717) is 17.2 Å². The fraction of sp³-hybridized carbons (Fsp3) is 0.133. The van der Waals surface area contributed by atoms with Gasteiger partial charge in [-0.3, -0.25) is 4.79 Å². The zero-order chi connectivity index (χ0) is 16.3. The molecule has 0 atom stereocenters. The number of amides is 1. The van der Waals surface area contributed by atoms with E-state index in [-0.39, 0.29) is 20.6 Å². The van der Waals surface area contributed by atoms with Crippen LogP contribution in [0.15, 0.2) is 30.3 Å². The molecule has 0 spiro atoms. The predicted octanol–water partition coefficient (Wildman–Crippen LogP) is 4.92. The normalized spacial score (nSPS) is 10.2. The van der Waals surface area contributed by atoms with E-state index in [0.717, 1.165) is 0 Å². The molecule has 0 aliphatic carbocycles. The highest BCUT2D eigenvalue weighted by Gasteiger charge is 2.19. The summed E-state index contributed by atoms with van der Waals surface area (Å²) < 4.78 is 10.3. The summed E-state index contributed by atoms with van der Waals surface area (Å²) in [5.74, 6) is 0.548. The molecule has 2 aromatic rings. The standard InChI is InChI=1S/C15H12Cl3NO3/c1-21-8-3-6-12(22-2)11(7-8)19-15(20)13-9(16)4-5-10(17)14(13)18/h3-7H,1-2H3,(H,19,20). The topological polar surface area (TPSA) is 47.6 Å². The number of hydrogen-bond donors (Lipinski definition) is 1. The van der Waals surface area contributed by atoms with Gasteiger partial charge in [-0.1, -0.05) is 34.8 Å². The van der Waals surface area contributed by atoms with E-state index in [1.807, 2.05) is 0 Å². The lowest BCUT2D eigenvalue weighted by molar-refractivity contribution is 0.102. The van der Waals surface area contributed by atoms with Crippen molar-refractivity contribution in [1.82, 2.24) is 0 Å². The van der Waals surface area contributed by atoms with Crippen LogP contribution in [0.2, 0.25) is 15.1 Å². The number of ether oxygens (including phenoxy) is 2. The Balaban J connectivity index is 2.39. The molecule has 4 nitrogen and oxygen atoms in total. The van der Waals surface area contributed by atoms with Crippen LogP contribution >= 0.6 is 34.8 Å². The number of carbonyl (C=O) groups excluding carboxylic acids is 1. The van der Waals surface area contributed by atoms with E-state index in [9.17, 15) is 4.79 Å². The van der Waals surface area contributed by atoms with Gasteiger partial charge in [0.15, 0.2) is 0 Å². The van der Waals surface area contributed by atoms with E-state index >= 15 is 0 Å². The van der Waals surface area contributed by atoms with Gasteiger partial charge in [-0.05, 0) is 24.3 Å². The largest absolute Gasteiger partial charge is 0.497 e. The van der Waals surface area contributed by atoms with Crippen LogP contribution in [-0.4, -0.2) is 20.1 Å². The Morgan fingerprint density at radius 3 is 2.32 bits per heavy atom. The van der Waals surface area contributed by atoms with Crippen molar-refractivity contribution in [2.75, 3.05) is 19.5 Å². The number of halogens is 3. The van der Waals surface area contributed by atoms with Crippen LogP contribution in [0.4, 0.5) is 5.69 Å². The summed E-state index contributed by atoms with van der Waals surface area (Å²) >= 11 is 18.0. The zero-order valence-corrected chi connectivity index (χ0v) is 14.0. The van der Waals surface area contributed by atoms with Gasteiger partial charge in [0, 0.05) is 6.07 Å². The van der Waals surface area contributed by atoms with E-state index in [1.54, 1.807) is 18.2 Å². The summed E-state index contributed by atoms with van der Waals surface area (Å²) in [6.07, 6.45) is 0. The average molecular weight is 361 g/mol. The minimum atomic E-state index is -0.496. The van der Waals surface area contributed by atoms with Crippen LogP contribution in [0.3, 0.4) is 0 Å². The molecule has 1 N–H and O–H groups in total. The molecule has 0 aliphatic heterocycles. The van der Waals surface area contributed by atoms with Crippen molar-refractivity contribution in [2.45, 2.75) is 0 Å². The summed E-state index contributed by atoms with van der Waals surface area (Å²) in [5.41, 5.74) is 0.527. The van der Waals surface area contributed by atoms with Gasteiger partial charge in [-0.15, -0.1) is 0 Å². The maximum absolute atomic E-state index is 12.4. The lowest BCUT2D eigenvalue weighted by Crippen LogP contribution is -2.14. The summed E-state index contributed by atoms with van der Waals surface area (Å²) in [5, 5.41) is 3.23. The van der Waals surface area contributed by atoms with Gasteiger partial charge < -0.3 is 14.8 Å². The molecule has 0 bridgehead atoms. The minimum absolute atomic E-state index is 0.0912. The van der Waals surface area contributed by atoms with Crippen molar-refractivity contribution in [3.05, 3.63) is 51.0 Å². The van der Waals surface area contributed by atoms with Crippen molar-refractivity contribution in [3.63, 3.8) is 0 Å². The predicted molar refractivity (Wildman–Crippen MR) is 89.0 cm³/mol. The van der Waals surface area contributed by atoms with Crippen molar-refractivity contribution in [3.8, 4) is 11.5 Å². The SMILES string of the molecule is COc1ccc(OC)c(NC(=O)c2c(Cl)ccc(Cl)c2Cl)c1. The Morgan fingerprint density at radius 2 is 1.68 bits per heavy atom. The number of nitrogens with one attached hydrogen (secondary N) is 1. The molecule has 0 saturated heterocycles. The minimum Gasteiger partial charge on any atom is -0.497 e. The Kier molecular flexibility index (Phi) is 5.40. The molecular weight excluding hydrogens is 349 g/mol. The molecule has 0 aromatic heterocycles. The zero-order valence-electron chi connectivity index (χ0n) is 11.7. The number of benzene rings is 2. The second-order valence-corrected chi connectivity index (χ2v) is 5.43. The molecule has 116 valence electrons. The molecule has 2 rings (SSSR count). The van der Waals surface area contributed by atoms with Gasteiger partial charge >= 0.3 is 0 Å². The highest BCUT2D eigenvalue weighted by Crippen LogP contribution is 2.34. The summed E-state index contributed by atoms with van der Waals surface area (Å²) in [4.78, 5) is 12.4. The van der Waals surface area contributed by atoms with Gasteiger partial charge in [0.2, 0.25) is 0 Å². The Hall–Kier alpha value is -1.62. The number of carbonyl (C=O) groups is 1. The molecule has 7 heteroatoms. The number of rotatable bonds is 4. The van der Waals surface area contributed by atoms with E-state index in [4.69, 9.17) is 44.3 Å². The highest BCUT2D eigenvalue weighted by molar-refractivity contribution is 6.46. The van der Waals surface area contributed by atoms with Gasteiger partial charge in [0.05, 0.1) is 40.5 Å². The molecule has 1 amide bonds. The number of hydrogen-bond acceptors (Lipinski definition) is 3. The Morgan fingerprint density at radius 1 is 1.00 bits per heavy atom. The molecule has 0 unspecified atom stereocenters. The summed E-state index contributed by atoms with van der Waals surface area (Å²) in [6.45, 7) is 0. The van der Waals surface area contributed by atoms with Crippen LogP contribution in [0.1, 0.15) is 10.4 Å². The average Bonchev–Trinajstić information content (AvgIpc) is 2.51.